The molecular weight excluding hydrogens is 478 g/mol. The van der Waals surface area contributed by atoms with Crippen LogP contribution in [-0.4, -0.2) is 61.7 Å². The summed E-state index contributed by atoms with van der Waals surface area (Å²) in [6.45, 7) is 0.708. The number of methoxy groups -OCH3 is 1. The van der Waals surface area contributed by atoms with Gasteiger partial charge in [-0.15, -0.1) is 11.3 Å². The number of rotatable bonds is 5. The summed E-state index contributed by atoms with van der Waals surface area (Å²) in [6.07, 6.45) is 0. The van der Waals surface area contributed by atoms with Crippen LogP contribution in [0.3, 0.4) is 0 Å². The minimum Gasteiger partial charge on any atom is -0.497 e. The van der Waals surface area contributed by atoms with Crippen molar-refractivity contribution in [1.82, 2.24) is 9.21 Å². The highest BCUT2D eigenvalue weighted by atomic mass is 35.5. The van der Waals surface area contributed by atoms with Crippen molar-refractivity contribution in [2.75, 3.05) is 33.3 Å². The average Bonchev–Trinajstić information content (AvgIpc) is 3.14. The van der Waals surface area contributed by atoms with E-state index in [1.807, 2.05) is 0 Å². The molecule has 0 radical (unpaired) electrons. The van der Waals surface area contributed by atoms with Crippen molar-refractivity contribution >= 4 is 54.6 Å². The molecule has 0 aliphatic carbocycles. The quantitative estimate of drug-likeness (QED) is 0.395. The van der Waals surface area contributed by atoms with Gasteiger partial charge in [-0.2, -0.15) is 4.31 Å². The van der Waals surface area contributed by atoms with E-state index in [2.05, 4.69) is 0 Å². The molecule has 1 aliphatic rings. The molecule has 12 heteroatoms. The van der Waals surface area contributed by atoms with Crippen LogP contribution in [0.5, 0.6) is 5.75 Å². The number of non-ortho nitro benzene ring substituents is 1. The molecule has 0 atom stereocenters. The molecule has 168 valence electrons. The van der Waals surface area contributed by atoms with Crippen LogP contribution in [0.15, 0.2) is 47.4 Å². The van der Waals surface area contributed by atoms with Gasteiger partial charge in [0.15, 0.2) is 0 Å². The zero-order chi connectivity index (χ0) is 23.0. The van der Waals surface area contributed by atoms with Gasteiger partial charge < -0.3 is 9.64 Å². The normalized spacial score (nSPS) is 15.1. The summed E-state index contributed by atoms with van der Waals surface area (Å²) in [5, 5.41) is 11.8. The Morgan fingerprint density at radius 1 is 1.12 bits per heavy atom. The molecule has 0 spiro atoms. The lowest BCUT2D eigenvalue weighted by Crippen LogP contribution is -2.50. The van der Waals surface area contributed by atoms with Crippen molar-refractivity contribution in [1.29, 1.82) is 0 Å². The summed E-state index contributed by atoms with van der Waals surface area (Å²) < 4.78 is 32.8. The maximum absolute atomic E-state index is 13.0. The standard InChI is InChI=1S/C20H18ClN3O6S2/c1-30-14-3-5-15(6-4-14)32(28,29)23-10-8-22(9-11-23)20(25)19-18(21)16-7-2-13(24(26)27)12-17(16)31-19/h2-7,12H,8-11H2,1H3. The van der Waals surface area contributed by atoms with Gasteiger partial charge in [0.1, 0.15) is 10.6 Å². The van der Waals surface area contributed by atoms with E-state index in [0.717, 1.165) is 11.3 Å². The van der Waals surface area contributed by atoms with E-state index in [4.69, 9.17) is 16.3 Å². The van der Waals surface area contributed by atoms with E-state index in [1.54, 1.807) is 17.0 Å². The molecular formula is C20H18ClN3O6S2. The monoisotopic (exact) mass is 495 g/mol. The van der Waals surface area contributed by atoms with Crippen LogP contribution in [0.4, 0.5) is 5.69 Å². The summed E-state index contributed by atoms with van der Waals surface area (Å²) in [4.78, 5) is 25.5. The number of nitro groups is 1. The maximum Gasteiger partial charge on any atom is 0.270 e. The third-order valence-electron chi connectivity index (χ3n) is 5.24. The van der Waals surface area contributed by atoms with Crippen molar-refractivity contribution in [2.24, 2.45) is 0 Å². The molecule has 9 nitrogen and oxygen atoms in total. The van der Waals surface area contributed by atoms with Gasteiger partial charge in [0.05, 0.1) is 22.0 Å². The summed E-state index contributed by atoms with van der Waals surface area (Å²) in [6, 6.07) is 10.4. The average molecular weight is 496 g/mol. The van der Waals surface area contributed by atoms with Gasteiger partial charge in [0, 0.05) is 48.4 Å². The number of nitrogens with zero attached hydrogens (tertiary/aromatic N) is 3. The smallest absolute Gasteiger partial charge is 0.270 e. The molecule has 0 unspecified atom stereocenters. The van der Waals surface area contributed by atoms with E-state index in [-0.39, 0.29) is 52.6 Å². The van der Waals surface area contributed by atoms with Crippen molar-refractivity contribution in [3.8, 4) is 5.75 Å². The predicted octanol–water partition coefficient (Wildman–Crippen LogP) is 3.62. The fourth-order valence-corrected chi connectivity index (χ4v) is 6.41. The second-order valence-electron chi connectivity index (χ2n) is 7.05. The molecule has 1 saturated heterocycles. The fourth-order valence-electron chi connectivity index (χ4n) is 3.48. The number of piperazine rings is 1. The molecule has 3 aromatic rings. The number of ether oxygens (including phenoxy) is 1. The number of amides is 1. The molecule has 1 aromatic heterocycles. The van der Waals surface area contributed by atoms with Crippen LogP contribution in [0.25, 0.3) is 10.1 Å². The van der Waals surface area contributed by atoms with Gasteiger partial charge in [0.2, 0.25) is 10.0 Å². The Bertz CT molecular complexity index is 1300. The number of carbonyl (C=O) groups excluding carboxylic acids is 1. The molecule has 2 heterocycles. The van der Waals surface area contributed by atoms with Gasteiger partial charge in [0.25, 0.3) is 11.6 Å². The van der Waals surface area contributed by atoms with Crippen molar-refractivity contribution in [2.45, 2.75) is 4.90 Å². The number of hydrogen-bond acceptors (Lipinski definition) is 7. The number of benzene rings is 2. The van der Waals surface area contributed by atoms with E-state index in [9.17, 15) is 23.3 Å². The second-order valence-corrected chi connectivity index (χ2v) is 10.4. The Balaban J connectivity index is 1.50. The highest BCUT2D eigenvalue weighted by Crippen LogP contribution is 2.38. The number of halogens is 1. The van der Waals surface area contributed by atoms with Gasteiger partial charge in [-0.1, -0.05) is 11.6 Å². The molecule has 1 fully saturated rings. The highest BCUT2D eigenvalue weighted by molar-refractivity contribution is 7.89. The Kier molecular flexibility index (Phi) is 6.08. The molecule has 4 rings (SSSR count). The van der Waals surface area contributed by atoms with E-state index in [1.165, 1.54) is 41.7 Å². The van der Waals surface area contributed by atoms with Crippen LogP contribution in [-0.2, 0) is 10.0 Å². The Hall–Kier alpha value is -2.73. The Labute approximate surface area is 193 Å². The number of hydrogen-bond donors (Lipinski definition) is 0. The third-order valence-corrected chi connectivity index (χ3v) is 8.80. The first-order valence-corrected chi connectivity index (χ1v) is 12.2. The van der Waals surface area contributed by atoms with Gasteiger partial charge in [-0.25, -0.2) is 8.42 Å². The lowest BCUT2D eigenvalue weighted by atomic mass is 10.2. The lowest BCUT2D eigenvalue weighted by molar-refractivity contribution is -0.384. The van der Waals surface area contributed by atoms with E-state index in [0.29, 0.717) is 15.8 Å². The fraction of sp³-hybridized carbons (Fsp3) is 0.250. The molecule has 0 N–H and O–H groups in total. The summed E-state index contributed by atoms with van der Waals surface area (Å²) >= 11 is 7.48. The van der Waals surface area contributed by atoms with Crippen molar-refractivity contribution in [3.63, 3.8) is 0 Å². The van der Waals surface area contributed by atoms with Crippen molar-refractivity contribution < 1.29 is 22.9 Å². The molecule has 1 amide bonds. The topological polar surface area (TPSA) is 110 Å². The number of nitro benzene ring substituents is 1. The number of carbonyl (C=O) groups is 1. The number of fused-ring (bicyclic) bond motifs is 1. The summed E-state index contributed by atoms with van der Waals surface area (Å²) in [7, 11) is -2.19. The zero-order valence-corrected chi connectivity index (χ0v) is 19.2. The number of thiophene rings is 1. The van der Waals surface area contributed by atoms with Crippen LogP contribution >= 0.6 is 22.9 Å². The minimum absolute atomic E-state index is 0.0771. The largest absolute Gasteiger partial charge is 0.497 e. The Morgan fingerprint density at radius 2 is 1.78 bits per heavy atom. The van der Waals surface area contributed by atoms with Crippen LogP contribution in [0, 0.1) is 10.1 Å². The minimum atomic E-state index is -3.69. The summed E-state index contributed by atoms with van der Waals surface area (Å²) in [5.41, 5.74) is -0.0771. The molecule has 32 heavy (non-hydrogen) atoms. The molecule has 0 bridgehead atoms. The lowest BCUT2D eigenvalue weighted by Gasteiger charge is -2.33. The zero-order valence-electron chi connectivity index (χ0n) is 16.9. The van der Waals surface area contributed by atoms with E-state index >= 15 is 0 Å². The predicted molar refractivity (Wildman–Crippen MR) is 121 cm³/mol. The Morgan fingerprint density at radius 3 is 2.38 bits per heavy atom. The third kappa shape index (κ3) is 4.04. The van der Waals surface area contributed by atoms with Crippen LogP contribution in [0.1, 0.15) is 9.67 Å². The van der Waals surface area contributed by atoms with Crippen LogP contribution < -0.4 is 4.74 Å². The molecule has 0 saturated carbocycles. The van der Waals surface area contributed by atoms with Gasteiger partial charge >= 0.3 is 0 Å². The van der Waals surface area contributed by atoms with E-state index < -0.39 is 14.9 Å². The molecule has 1 aliphatic heterocycles. The maximum atomic E-state index is 13.0. The first-order valence-electron chi connectivity index (χ1n) is 9.52. The van der Waals surface area contributed by atoms with Crippen LogP contribution in [0.2, 0.25) is 5.02 Å². The SMILES string of the molecule is COc1ccc(S(=O)(=O)N2CCN(C(=O)c3sc4cc([N+](=O)[O-])ccc4c3Cl)CC2)cc1. The first kappa shape index (κ1) is 22.5. The second kappa shape index (κ2) is 8.66. The van der Waals surface area contributed by atoms with Gasteiger partial charge in [-0.3, -0.25) is 14.9 Å². The highest BCUT2D eigenvalue weighted by Gasteiger charge is 2.32. The number of sulfonamides is 1. The van der Waals surface area contributed by atoms with Gasteiger partial charge in [-0.05, 0) is 30.3 Å². The van der Waals surface area contributed by atoms with Crippen molar-refractivity contribution in [3.05, 3.63) is 62.5 Å². The first-order chi connectivity index (χ1) is 15.2. The summed E-state index contributed by atoms with van der Waals surface area (Å²) in [5.74, 6) is 0.241. The molecule has 2 aromatic carbocycles.